The van der Waals surface area contributed by atoms with Crippen LogP contribution in [0.5, 0.6) is 0 Å². The number of pyridine rings is 1. The topological polar surface area (TPSA) is 94.5 Å². The molecule has 3 aromatic rings. The highest BCUT2D eigenvalue weighted by Crippen LogP contribution is 2.40. The number of hydrogen-bond donors (Lipinski definition) is 3. The largest absolute Gasteiger partial charge is 0.417 e. The molecular weight excluding hydrogens is 528 g/mol. The molecule has 2 atom stereocenters. The van der Waals surface area contributed by atoms with Crippen LogP contribution in [0.2, 0.25) is 0 Å². The summed E-state index contributed by atoms with van der Waals surface area (Å²) in [5.41, 5.74) is -0.0438. The Bertz CT molecular complexity index is 1480. The van der Waals surface area contributed by atoms with Gasteiger partial charge in [-0.1, -0.05) is 6.07 Å². The molecule has 0 spiro atoms. The van der Waals surface area contributed by atoms with Crippen molar-refractivity contribution in [1.82, 2.24) is 9.88 Å². The van der Waals surface area contributed by atoms with Gasteiger partial charge in [-0.3, -0.25) is 14.5 Å². The first-order valence-corrected chi connectivity index (χ1v) is 11.8. The average Bonchev–Trinajstić information content (AvgIpc) is 2.85. The average molecular weight is 554 g/mol. The highest BCUT2D eigenvalue weighted by atomic mass is 19.4. The predicted octanol–water partition coefficient (Wildman–Crippen LogP) is 4.84. The number of nitrogens with one attached hydrogen (secondary N) is 2. The molecule has 0 radical (unpaired) electrons. The maximum absolute atomic E-state index is 16.1. The van der Waals surface area contributed by atoms with Crippen molar-refractivity contribution < 1.29 is 31.1 Å². The van der Waals surface area contributed by atoms with Gasteiger partial charge in [0.1, 0.15) is 17.3 Å². The van der Waals surface area contributed by atoms with Crippen molar-refractivity contribution in [3.63, 3.8) is 0 Å². The van der Waals surface area contributed by atoms with Gasteiger partial charge >= 0.3 is 6.18 Å². The number of benzene rings is 2. The van der Waals surface area contributed by atoms with Crippen molar-refractivity contribution in [2.75, 3.05) is 36.1 Å². The third-order valence-corrected chi connectivity index (χ3v) is 6.90. The number of carbonyl (C=O) groups excluding carboxylic acids is 1. The molecule has 4 N–H and O–H groups in total. The zero-order valence-electron chi connectivity index (χ0n) is 21.1. The van der Waals surface area contributed by atoms with Crippen molar-refractivity contribution in [3.05, 3.63) is 75.5 Å². The van der Waals surface area contributed by atoms with E-state index in [1.165, 1.54) is 6.07 Å². The van der Waals surface area contributed by atoms with E-state index in [-0.39, 0.29) is 48.2 Å². The lowest BCUT2D eigenvalue weighted by Gasteiger charge is -2.44. The summed E-state index contributed by atoms with van der Waals surface area (Å²) < 4.78 is 86.4. The van der Waals surface area contributed by atoms with Gasteiger partial charge in [0.25, 0.3) is 5.91 Å². The molecule has 1 amide bonds. The summed E-state index contributed by atoms with van der Waals surface area (Å²) in [6.07, 6.45) is -4.50. The van der Waals surface area contributed by atoms with Crippen LogP contribution in [-0.4, -0.2) is 48.0 Å². The lowest BCUT2D eigenvalue weighted by atomic mass is 9.99. The predicted molar refractivity (Wildman–Crippen MR) is 135 cm³/mol. The summed E-state index contributed by atoms with van der Waals surface area (Å²) in [7, 11) is 1.88. The van der Waals surface area contributed by atoms with Gasteiger partial charge in [-0.2, -0.15) is 13.2 Å². The number of anilines is 3. The zero-order valence-corrected chi connectivity index (χ0v) is 21.1. The molecule has 2 aromatic carbocycles. The standard InChI is InChI=1S/C26H25F6N5O2/c1-12-10-37(11-13(2)36(12)3)20-8-18(28)22(14-4-5-19(33)17(27)6-14)23(29)24(20)35-25(39)15-9-34-21(38)7-16(15)26(30,31)32/h4-9,12-13H,10-11,33H2,1-3H3,(H,34,38)(H,35,39)/t12-,13+. The van der Waals surface area contributed by atoms with Crippen LogP contribution in [0, 0.1) is 17.5 Å². The van der Waals surface area contributed by atoms with Gasteiger partial charge in [-0.15, -0.1) is 0 Å². The van der Waals surface area contributed by atoms with Crippen molar-refractivity contribution in [3.8, 4) is 11.1 Å². The van der Waals surface area contributed by atoms with Crippen molar-refractivity contribution in [1.29, 1.82) is 0 Å². The van der Waals surface area contributed by atoms with E-state index in [0.29, 0.717) is 6.20 Å². The highest BCUT2D eigenvalue weighted by molar-refractivity contribution is 6.07. The summed E-state index contributed by atoms with van der Waals surface area (Å²) in [5.74, 6) is -4.73. The van der Waals surface area contributed by atoms with Crippen molar-refractivity contribution >= 4 is 23.0 Å². The van der Waals surface area contributed by atoms with Gasteiger partial charge in [0.05, 0.1) is 28.1 Å². The number of likely N-dealkylation sites (N-methyl/N-ethyl adjacent to an activating group) is 1. The van der Waals surface area contributed by atoms with Crippen LogP contribution in [0.3, 0.4) is 0 Å². The molecule has 0 unspecified atom stereocenters. The molecule has 13 heteroatoms. The molecular formula is C26H25F6N5O2. The minimum atomic E-state index is -5.07. The Morgan fingerprint density at radius 3 is 2.28 bits per heavy atom. The highest BCUT2D eigenvalue weighted by Gasteiger charge is 2.37. The number of nitrogens with zero attached hydrogens (tertiary/aromatic N) is 2. The molecule has 2 heterocycles. The van der Waals surface area contributed by atoms with Gasteiger partial charge < -0.3 is 20.9 Å². The quantitative estimate of drug-likeness (QED) is 0.318. The number of halogens is 6. The van der Waals surface area contributed by atoms with Gasteiger partial charge in [0, 0.05) is 43.5 Å². The molecule has 0 saturated carbocycles. The molecule has 1 aliphatic heterocycles. The van der Waals surface area contributed by atoms with Crippen LogP contribution in [0.25, 0.3) is 11.1 Å². The number of amides is 1. The minimum absolute atomic E-state index is 0.0784. The number of carbonyl (C=O) groups is 1. The van der Waals surface area contributed by atoms with E-state index in [1.54, 1.807) is 4.90 Å². The second-order valence-electron chi connectivity index (χ2n) is 9.52. The molecule has 4 rings (SSSR count). The molecule has 1 saturated heterocycles. The number of H-pyrrole nitrogens is 1. The fraction of sp³-hybridized carbons (Fsp3) is 0.308. The maximum atomic E-state index is 16.1. The minimum Gasteiger partial charge on any atom is -0.396 e. The Hall–Kier alpha value is -4.00. The fourth-order valence-corrected chi connectivity index (χ4v) is 4.60. The summed E-state index contributed by atoms with van der Waals surface area (Å²) in [6.45, 7) is 4.33. The Morgan fingerprint density at radius 2 is 1.69 bits per heavy atom. The summed E-state index contributed by atoms with van der Waals surface area (Å²) in [4.78, 5) is 30.3. The maximum Gasteiger partial charge on any atom is 0.417 e. The van der Waals surface area contributed by atoms with E-state index in [0.717, 1.165) is 18.2 Å². The van der Waals surface area contributed by atoms with E-state index in [2.05, 4.69) is 5.32 Å². The Kier molecular flexibility index (Phi) is 7.39. The van der Waals surface area contributed by atoms with Gasteiger partial charge in [0.15, 0.2) is 5.82 Å². The van der Waals surface area contributed by atoms with Gasteiger partial charge in [-0.25, -0.2) is 13.2 Å². The summed E-state index contributed by atoms with van der Waals surface area (Å²) in [6, 6.07) is 4.10. The Morgan fingerprint density at radius 1 is 1.05 bits per heavy atom. The van der Waals surface area contributed by atoms with Crippen LogP contribution in [0.15, 0.2) is 41.3 Å². The Labute approximate surface area is 219 Å². The number of nitrogen functional groups attached to an aromatic ring is 1. The van der Waals surface area contributed by atoms with Crippen LogP contribution < -0.4 is 21.5 Å². The number of hydrogen-bond acceptors (Lipinski definition) is 5. The van der Waals surface area contributed by atoms with Crippen molar-refractivity contribution in [2.24, 2.45) is 0 Å². The van der Waals surface area contributed by atoms with E-state index >= 15 is 8.78 Å². The number of rotatable bonds is 4. The number of alkyl halides is 3. The Balaban J connectivity index is 1.89. The van der Waals surface area contributed by atoms with E-state index in [1.807, 2.05) is 30.8 Å². The van der Waals surface area contributed by atoms with Crippen LogP contribution in [0.1, 0.15) is 29.8 Å². The van der Waals surface area contributed by atoms with Crippen LogP contribution in [-0.2, 0) is 6.18 Å². The number of nitrogens with two attached hydrogens (primary N) is 1. The van der Waals surface area contributed by atoms with Gasteiger partial charge in [-0.05, 0) is 38.6 Å². The first kappa shape index (κ1) is 28.0. The molecule has 7 nitrogen and oxygen atoms in total. The normalized spacial score (nSPS) is 18.3. The van der Waals surface area contributed by atoms with E-state index in [9.17, 15) is 27.2 Å². The van der Waals surface area contributed by atoms with E-state index in [4.69, 9.17) is 5.73 Å². The lowest BCUT2D eigenvalue weighted by Crippen LogP contribution is -2.55. The molecule has 0 aliphatic carbocycles. The lowest BCUT2D eigenvalue weighted by molar-refractivity contribution is -0.138. The third-order valence-electron chi connectivity index (χ3n) is 6.90. The molecule has 0 bridgehead atoms. The summed E-state index contributed by atoms with van der Waals surface area (Å²) >= 11 is 0. The SMILES string of the molecule is C[C@@H]1CN(c2cc(F)c(-c3ccc(N)c(F)c3)c(F)c2NC(=O)c2c[nH]c(=O)cc2C(F)(F)F)C[C@H](C)N1C. The van der Waals surface area contributed by atoms with Crippen molar-refractivity contribution in [2.45, 2.75) is 32.1 Å². The van der Waals surface area contributed by atoms with Crippen LogP contribution >= 0.6 is 0 Å². The second-order valence-corrected chi connectivity index (χ2v) is 9.52. The molecule has 1 aliphatic rings. The number of piperazine rings is 1. The van der Waals surface area contributed by atoms with E-state index < -0.39 is 57.5 Å². The van der Waals surface area contributed by atoms with Gasteiger partial charge in [0.2, 0.25) is 5.56 Å². The smallest absolute Gasteiger partial charge is 0.396 e. The first-order chi connectivity index (χ1) is 18.2. The number of aromatic nitrogens is 1. The molecule has 1 aromatic heterocycles. The second kappa shape index (κ2) is 10.3. The monoisotopic (exact) mass is 553 g/mol. The molecule has 1 fully saturated rings. The molecule has 39 heavy (non-hydrogen) atoms. The fourth-order valence-electron chi connectivity index (χ4n) is 4.60. The number of aromatic amines is 1. The van der Waals surface area contributed by atoms with Crippen LogP contribution in [0.4, 0.5) is 43.4 Å². The first-order valence-electron chi connectivity index (χ1n) is 11.8. The zero-order chi connectivity index (χ0) is 28.8. The molecule has 208 valence electrons. The third kappa shape index (κ3) is 5.44. The summed E-state index contributed by atoms with van der Waals surface area (Å²) in [5, 5.41) is 2.15.